The van der Waals surface area contributed by atoms with E-state index in [4.69, 9.17) is 9.97 Å². The molecule has 0 unspecified atom stereocenters. The molecule has 0 fully saturated rings. The fraction of sp³-hybridized carbons (Fsp3) is 0. The molecule has 0 aliphatic heterocycles. The van der Waals surface area contributed by atoms with Crippen LogP contribution in [-0.2, 0) is 0 Å². The Morgan fingerprint density at radius 3 is 1.29 bits per heavy atom. The zero-order valence-corrected chi connectivity index (χ0v) is 27.3. The summed E-state index contributed by atoms with van der Waals surface area (Å²) in [6, 6.07) is 54.2. The molecule has 0 amide bonds. The number of fused-ring (bicyclic) bond motifs is 12. The van der Waals surface area contributed by atoms with Gasteiger partial charge in [-0.25, -0.2) is 9.37 Å². The first-order valence-corrected chi connectivity index (χ1v) is 17.1. The van der Waals surface area contributed by atoms with Crippen molar-refractivity contribution in [2.24, 2.45) is 0 Å². The lowest BCUT2D eigenvalue weighted by molar-refractivity contribution is 0.628. The van der Waals surface area contributed by atoms with Crippen molar-refractivity contribution < 1.29 is 4.39 Å². The molecule has 51 heavy (non-hydrogen) atoms. The second kappa shape index (κ2) is 10.6. The summed E-state index contributed by atoms with van der Waals surface area (Å²) in [5.74, 6) is -0.277. The lowest BCUT2D eigenvalue weighted by atomic mass is 9.98. The van der Waals surface area contributed by atoms with Crippen molar-refractivity contribution in [1.82, 2.24) is 19.1 Å². The first-order valence-electron chi connectivity index (χ1n) is 17.1. The van der Waals surface area contributed by atoms with E-state index in [1.54, 1.807) is 18.3 Å². The quantitative estimate of drug-likeness (QED) is 0.178. The Labute approximate surface area is 291 Å². The Morgan fingerprint density at radius 2 is 0.824 bits per heavy atom. The third-order valence-electron chi connectivity index (χ3n) is 10.4. The zero-order chi connectivity index (χ0) is 33.6. The van der Waals surface area contributed by atoms with E-state index in [-0.39, 0.29) is 5.82 Å². The topological polar surface area (TPSA) is 35.6 Å². The van der Waals surface area contributed by atoms with Crippen LogP contribution in [0.1, 0.15) is 0 Å². The second-order valence-corrected chi connectivity index (χ2v) is 13.2. The third kappa shape index (κ3) is 4.06. The summed E-state index contributed by atoms with van der Waals surface area (Å²) in [6.07, 6.45) is 1.80. The predicted octanol–water partition coefficient (Wildman–Crippen LogP) is 11.9. The van der Waals surface area contributed by atoms with E-state index < -0.39 is 0 Å². The highest BCUT2D eigenvalue weighted by atomic mass is 19.1. The van der Waals surface area contributed by atoms with Gasteiger partial charge in [0.15, 0.2) is 0 Å². The van der Waals surface area contributed by atoms with Crippen LogP contribution in [0, 0.1) is 5.82 Å². The van der Waals surface area contributed by atoms with Gasteiger partial charge in [0.05, 0.1) is 45.0 Å². The maximum Gasteiger partial charge on any atom is 0.123 e. The zero-order valence-electron chi connectivity index (χ0n) is 27.3. The molecule has 0 atom stereocenters. The Kier molecular flexibility index (Phi) is 5.81. The van der Waals surface area contributed by atoms with Crippen molar-refractivity contribution in [1.29, 1.82) is 0 Å². The van der Waals surface area contributed by atoms with Crippen LogP contribution in [0.15, 0.2) is 164 Å². The number of nitrogens with zero attached hydrogens (tertiary/aromatic N) is 4. The van der Waals surface area contributed by atoms with Crippen molar-refractivity contribution in [3.8, 4) is 22.6 Å². The van der Waals surface area contributed by atoms with Crippen LogP contribution in [0.2, 0.25) is 0 Å². The molecule has 0 saturated heterocycles. The summed E-state index contributed by atoms with van der Waals surface area (Å²) in [4.78, 5) is 10.2. The van der Waals surface area contributed by atoms with Crippen molar-refractivity contribution in [2.75, 3.05) is 0 Å². The average Bonchev–Trinajstić information content (AvgIpc) is 3.71. The number of halogens is 1. The normalized spacial score (nSPS) is 12.0. The Morgan fingerprint density at radius 1 is 0.392 bits per heavy atom. The molecule has 0 spiro atoms. The minimum atomic E-state index is -0.277. The van der Waals surface area contributed by atoms with Gasteiger partial charge in [-0.2, -0.15) is 0 Å². The largest absolute Gasteiger partial charge is 0.309 e. The molecule has 11 aromatic rings. The van der Waals surface area contributed by atoms with Crippen LogP contribution in [0.5, 0.6) is 0 Å². The van der Waals surface area contributed by atoms with E-state index in [1.807, 2.05) is 0 Å². The fourth-order valence-corrected chi connectivity index (χ4v) is 8.14. The van der Waals surface area contributed by atoms with E-state index >= 15 is 0 Å². The average molecular weight is 655 g/mol. The molecule has 0 radical (unpaired) electrons. The summed E-state index contributed by atoms with van der Waals surface area (Å²) >= 11 is 0. The van der Waals surface area contributed by atoms with Gasteiger partial charge in [-0.3, -0.25) is 4.98 Å². The number of rotatable bonds is 3. The third-order valence-corrected chi connectivity index (χ3v) is 10.4. The highest BCUT2D eigenvalue weighted by Gasteiger charge is 2.18. The maximum atomic E-state index is 13.9. The van der Waals surface area contributed by atoms with Gasteiger partial charge in [-0.1, -0.05) is 84.9 Å². The second-order valence-electron chi connectivity index (χ2n) is 13.2. The predicted molar refractivity (Wildman–Crippen MR) is 209 cm³/mol. The number of para-hydroxylation sites is 4. The molecule has 3 heterocycles. The van der Waals surface area contributed by atoms with E-state index in [9.17, 15) is 4.39 Å². The highest BCUT2D eigenvalue weighted by molar-refractivity contribution is 6.24. The monoisotopic (exact) mass is 654 g/mol. The molecule has 4 nitrogen and oxygen atoms in total. The van der Waals surface area contributed by atoms with Crippen LogP contribution in [0.3, 0.4) is 0 Å². The molecule has 0 saturated carbocycles. The molecule has 0 bridgehead atoms. The van der Waals surface area contributed by atoms with Gasteiger partial charge in [-0.15, -0.1) is 0 Å². The summed E-state index contributed by atoms with van der Waals surface area (Å²) in [5.41, 5.74) is 9.98. The molecular formula is C46H27FN4. The van der Waals surface area contributed by atoms with Gasteiger partial charge in [0.2, 0.25) is 0 Å². The fourth-order valence-electron chi connectivity index (χ4n) is 8.14. The maximum absolute atomic E-state index is 13.9. The number of hydrogen-bond acceptors (Lipinski definition) is 2. The lowest BCUT2D eigenvalue weighted by Gasteiger charge is -2.15. The molecule has 11 rings (SSSR count). The highest BCUT2D eigenvalue weighted by Crippen LogP contribution is 2.40. The van der Waals surface area contributed by atoms with E-state index in [0.29, 0.717) is 5.69 Å². The Bertz CT molecular complexity index is 3100. The Hall–Kier alpha value is -6.85. The molecule has 3 aromatic heterocycles. The smallest absolute Gasteiger partial charge is 0.123 e. The van der Waals surface area contributed by atoms with E-state index in [2.05, 4.69) is 143 Å². The lowest BCUT2D eigenvalue weighted by Crippen LogP contribution is -1.98. The molecule has 238 valence electrons. The summed E-state index contributed by atoms with van der Waals surface area (Å²) in [6.45, 7) is 0. The van der Waals surface area contributed by atoms with Gasteiger partial charge in [0, 0.05) is 49.3 Å². The molecule has 0 aliphatic carbocycles. The molecule has 0 N–H and O–H groups in total. The van der Waals surface area contributed by atoms with Crippen molar-refractivity contribution in [3.05, 3.63) is 170 Å². The van der Waals surface area contributed by atoms with Gasteiger partial charge in [0.1, 0.15) is 5.82 Å². The van der Waals surface area contributed by atoms with Crippen molar-refractivity contribution >= 4 is 76.2 Å². The van der Waals surface area contributed by atoms with E-state index in [1.165, 1.54) is 33.7 Å². The van der Waals surface area contributed by atoms with Crippen LogP contribution in [0.4, 0.5) is 4.39 Å². The van der Waals surface area contributed by atoms with E-state index in [0.717, 1.165) is 71.6 Å². The van der Waals surface area contributed by atoms with Gasteiger partial charge < -0.3 is 9.13 Å². The standard InChI is InChI=1S/C46H27FN4/c47-29-19-17-28(18-20-29)40-27-48-45-36-23-21-30(50-41-13-5-1-9-32(41)33-10-2-6-14-42(33)50)25-38(36)39-26-31(22-24-37(39)46(45)49-40)51-43-15-7-3-11-34(43)35-12-4-8-16-44(35)51/h1-27H. The Balaban J connectivity index is 1.25. The number of hydrogen-bond donors (Lipinski definition) is 0. The minimum Gasteiger partial charge on any atom is -0.309 e. The number of aromatic nitrogens is 4. The first kappa shape index (κ1) is 28.0. The molecule has 8 aromatic carbocycles. The van der Waals surface area contributed by atoms with Crippen molar-refractivity contribution in [3.63, 3.8) is 0 Å². The van der Waals surface area contributed by atoms with Gasteiger partial charge >= 0.3 is 0 Å². The van der Waals surface area contributed by atoms with Gasteiger partial charge in [-0.05, 0) is 83.6 Å². The molecular weight excluding hydrogens is 628 g/mol. The van der Waals surface area contributed by atoms with Crippen LogP contribution < -0.4 is 0 Å². The number of benzene rings is 8. The first-order chi connectivity index (χ1) is 25.2. The molecule has 0 aliphatic rings. The minimum absolute atomic E-state index is 0.277. The summed E-state index contributed by atoms with van der Waals surface area (Å²) in [5, 5.41) is 9.12. The summed E-state index contributed by atoms with van der Waals surface area (Å²) in [7, 11) is 0. The van der Waals surface area contributed by atoms with Crippen LogP contribution >= 0.6 is 0 Å². The summed E-state index contributed by atoms with van der Waals surface area (Å²) < 4.78 is 18.6. The van der Waals surface area contributed by atoms with Gasteiger partial charge in [0.25, 0.3) is 0 Å². The van der Waals surface area contributed by atoms with Crippen LogP contribution in [0.25, 0.3) is 98.8 Å². The van der Waals surface area contributed by atoms with Crippen LogP contribution in [-0.4, -0.2) is 19.1 Å². The molecule has 5 heteroatoms. The van der Waals surface area contributed by atoms with Crippen molar-refractivity contribution in [2.45, 2.75) is 0 Å². The SMILES string of the molecule is Fc1ccc(-c2cnc3c4ccc(-n5c6ccccc6c6ccccc65)cc4c4cc(-n5c6ccccc6c6ccccc65)ccc4c3n2)cc1.